The maximum absolute atomic E-state index is 12.5. The number of hydrogen-bond donors (Lipinski definition) is 0. The Morgan fingerprint density at radius 3 is 2.71 bits per heavy atom. The van der Waals surface area contributed by atoms with Gasteiger partial charge in [0.15, 0.2) is 0 Å². The van der Waals surface area contributed by atoms with Crippen LogP contribution in [0.5, 0.6) is 0 Å². The standard InChI is InChI=1S/C19H19NO/c1-2-12-20(14-15-10-11-15)19(21)13-17-8-5-7-16-6-3-4-9-18(16)17/h1,3-9,15H,10-14H2. The molecule has 1 aliphatic rings. The summed E-state index contributed by atoms with van der Waals surface area (Å²) in [6.45, 7) is 1.23. The van der Waals surface area contributed by atoms with E-state index in [1.54, 1.807) is 0 Å². The molecule has 2 heteroatoms. The molecule has 0 saturated heterocycles. The molecule has 0 bridgehead atoms. The Morgan fingerprint density at radius 1 is 1.19 bits per heavy atom. The second-order valence-electron chi connectivity index (χ2n) is 5.74. The lowest BCUT2D eigenvalue weighted by Crippen LogP contribution is -2.34. The fourth-order valence-electron chi connectivity index (χ4n) is 2.70. The predicted molar refractivity (Wildman–Crippen MR) is 85.8 cm³/mol. The minimum absolute atomic E-state index is 0.135. The molecule has 0 unspecified atom stereocenters. The molecular weight excluding hydrogens is 258 g/mol. The summed E-state index contributed by atoms with van der Waals surface area (Å²) in [7, 11) is 0. The van der Waals surface area contributed by atoms with Crippen molar-refractivity contribution >= 4 is 16.7 Å². The topological polar surface area (TPSA) is 20.3 Å². The van der Waals surface area contributed by atoms with Crippen LogP contribution < -0.4 is 0 Å². The van der Waals surface area contributed by atoms with Crippen molar-refractivity contribution in [1.29, 1.82) is 0 Å². The van der Waals surface area contributed by atoms with Gasteiger partial charge >= 0.3 is 0 Å². The van der Waals surface area contributed by atoms with E-state index < -0.39 is 0 Å². The van der Waals surface area contributed by atoms with E-state index in [0.29, 0.717) is 18.9 Å². The smallest absolute Gasteiger partial charge is 0.227 e. The van der Waals surface area contributed by atoms with Gasteiger partial charge < -0.3 is 4.90 Å². The van der Waals surface area contributed by atoms with Crippen molar-refractivity contribution in [3.8, 4) is 12.3 Å². The lowest BCUT2D eigenvalue weighted by Gasteiger charge is -2.20. The van der Waals surface area contributed by atoms with E-state index in [-0.39, 0.29) is 5.91 Å². The van der Waals surface area contributed by atoms with Crippen LogP contribution in [0.4, 0.5) is 0 Å². The molecule has 0 radical (unpaired) electrons. The van der Waals surface area contributed by atoms with E-state index in [9.17, 15) is 4.79 Å². The Kier molecular flexibility index (Phi) is 3.92. The third kappa shape index (κ3) is 3.25. The van der Waals surface area contributed by atoms with Crippen molar-refractivity contribution in [3.05, 3.63) is 48.0 Å². The first-order valence-corrected chi connectivity index (χ1v) is 7.46. The van der Waals surface area contributed by atoms with Crippen molar-refractivity contribution in [1.82, 2.24) is 4.90 Å². The molecule has 2 nitrogen and oxygen atoms in total. The Labute approximate surface area is 125 Å². The quantitative estimate of drug-likeness (QED) is 0.768. The number of rotatable bonds is 5. The zero-order valence-corrected chi connectivity index (χ0v) is 12.1. The molecular formula is C19H19NO. The molecule has 1 fully saturated rings. The number of nitrogens with zero attached hydrogens (tertiary/aromatic N) is 1. The maximum atomic E-state index is 12.5. The molecule has 0 atom stereocenters. The highest BCUT2D eigenvalue weighted by molar-refractivity contribution is 5.90. The highest BCUT2D eigenvalue weighted by Gasteiger charge is 2.26. The van der Waals surface area contributed by atoms with Crippen molar-refractivity contribution in [2.75, 3.05) is 13.1 Å². The summed E-state index contributed by atoms with van der Waals surface area (Å²) in [5.41, 5.74) is 1.08. The number of fused-ring (bicyclic) bond motifs is 1. The summed E-state index contributed by atoms with van der Waals surface area (Å²) in [5.74, 6) is 3.41. The van der Waals surface area contributed by atoms with Gasteiger partial charge in [-0.2, -0.15) is 0 Å². The van der Waals surface area contributed by atoms with Crippen LogP contribution in [0.25, 0.3) is 10.8 Å². The maximum Gasteiger partial charge on any atom is 0.227 e. The molecule has 2 aromatic rings. The molecule has 3 rings (SSSR count). The van der Waals surface area contributed by atoms with Gasteiger partial charge in [-0.15, -0.1) is 6.42 Å². The molecule has 1 saturated carbocycles. The first-order chi connectivity index (χ1) is 10.3. The average Bonchev–Trinajstić information content (AvgIpc) is 3.31. The zero-order valence-electron chi connectivity index (χ0n) is 12.1. The van der Waals surface area contributed by atoms with Gasteiger partial charge in [-0.1, -0.05) is 48.4 Å². The third-order valence-electron chi connectivity index (χ3n) is 4.03. The normalized spacial score (nSPS) is 13.9. The zero-order chi connectivity index (χ0) is 14.7. The summed E-state index contributed by atoms with van der Waals surface area (Å²) in [6, 6.07) is 14.3. The lowest BCUT2D eigenvalue weighted by molar-refractivity contribution is -0.130. The summed E-state index contributed by atoms with van der Waals surface area (Å²) in [5, 5.41) is 2.33. The van der Waals surface area contributed by atoms with E-state index in [4.69, 9.17) is 6.42 Å². The Hall–Kier alpha value is -2.27. The second-order valence-corrected chi connectivity index (χ2v) is 5.74. The van der Waals surface area contributed by atoms with Gasteiger partial charge in [0.05, 0.1) is 13.0 Å². The minimum atomic E-state index is 0.135. The van der Waals surface area contributed by atoms with Crippen LogP contribution in [0.15, 0.2) is 42.5 Å². The molecule has 0 N–H and O–H groups in total. The van der Waals surface area contributed by atoms with Crippen LogP contribution in [0.2, 0.25) is 0 Å². The highest BCUT2D eigenvalue weighted by Crippen LogP contribution is 2.30. The van der Waals surface area contributed by atoms with Gasteiger partial charge in [0, 0.05) is 6.54 Å². The van der Waals surface area contributed by atoms with Gasteiger partial charge in [-0.05, 0) is 35.1 Å². The van der Waals surface area contributed by atoms with Crippen molar-refractivity contribution in [3.63, 3.8) is 0 Å². The van der Waals surface area contributed by atoms with Gasteiger partial charge in [0.2, 0.25) is 5.91 Å². The summed E-state index contributed by atoms with van der Waals surface area (Å²) >= 11 is 0. The Balaban J connectivity index is 1.79. The minimum Gasteiger partial charge on any atom is -0.331 e. The van der Waals surface area contributed by atoms with Crippen LogP contribution in [-0.4, -0.2) is 23.9 Å². The summed E-state index contributed by atoms with van der Waals surface area (Å²) in [6.07, 6.45) is 8.28. The Bertz CT molecular complexity index is 689. The fourth-order valence-corrected chi connectivity index (χ4v) is 2.70. The van der Waals surface area contributed by atoms with Gasteiger partial charge in [-0.25, -0.2) is 0 Å². The Morgan fingerprint density at radius 2 is 1.95 bits per heavy atom. The molecule has 21 heavy (non-hydrogen) atoms. The van der Waals surface area contributed by atoms with E-state index in [1.165, 1.54) is 18.2 Å². The number of carbonyl (C=O) groups is 1. The summed E-state index contributed by atoms with van der Waals surface area (Å²) < 4.78 is 0. The predicted octanol–water partition coefficient (Wildman–Crippen LogP) is 3.25. The second kappa shape index (κ2) is 6.01. The van der Waals surface area contributed by atoms with E-state index >= 15 is 0 Å². The molecule has 0 heterocycles. The van der Waals surface area contributed by atoms with Crippen LogP contribution in [0, 0.1) is 18.3 Å². The number of terminal acetylenes is 1. The monoisotopic (exact) mass is 277 g/mol. The van der Waals surface area contributed by atoms with E-state index in [1.807, 2.05) is 29.2 Å². The average molecular weight is 277 g/mol. The van der Waals surface area contributed by atoms with Crippen LogP contribution >= 0.6 is 0 Å². The van der Waals surface area contributed by atoms with Crippen molar-refractivity contribution in [2.24, 2.45) is 5.92 Å². The van der Waals surface area contributed by atoms with Crippen LogP contribution in [0.3, 0.4) is 0 Å². The SMILES string of the molecule is C#CCN(CC1CC1)C(=O)Cc1cccc2ccccc12. The third-order valence-corrected chi connectivity index (χ3v) is 4.03. The molecule has 1 aliphatic carbocycles. The summed E-state index contributed by atoms with van der Waals surface area (Å²) in [4.78, 5) is 14.4. The van der Waals surface area contributed by atoms with Crippen molar-refractivity contribution in [2.45, 2.75) is 19.3 Å². The van der Waals surface area contributed by atoms with E-state index in [2.05, 4.69) is 24.1 Å². The van der Waals surface area contributed by atoms with Crippen LogP contribution in [0.1, 0.15) is 18.4 Å². The number of hydrogen-bond acceptors (Lipinski definition) is 1. The van der Waals surface area contributed by atoms with Gasteiger partial charge in [0.25, 0.3) is 0 Å². The molecule has 1 amide bonds. The van der Waals surface area contributed by atoms with E-state index in [0.717, 1.165) is 17.5 Å². The largest absolute Gasteiger partial charge is 0.331 e. The molecule has 0 aromatic heterocycles. The van der Waals surface area contributed by atoms with Gasteiger partial charge in [0.1, 0.15) is 0 Å². The lowest BCUT2D eigenvalue weighted by atomic mass is 10.0. The number of carbonyl (C=O) groups excluding carboxylic acids is 1. The molecule has 2 aromatic carbocycles. The highest BCUT2D eigenvalue weighted by atomic mass is 16.2. The molecule has 0 aliphatic heterocycles. The molecule has 0 spiro atoms. The van der Waals surface area contributed by atoms with Gasteiger partial charge in [-0.3, -0.25) is 4.79 Å². The fraction of sp³-hybridized carbons (Fsp3) is 0.316. The molecule has 106 valence electrons. The van der Waals surface area contributed by atoms with Crippen molar-refractivity contribution < 1.29 is 4.79 Å². The first-order valence-electron chi connectivity index (χ1n) is 7.46. The first kappa shape index (κ1) is 13.7. The number of benzene rings is 2. The van der Waals surface area contributed by atoms with Crippen LogP contribution in [-0.2, 0) is 11.2 Å². The number of amides is 1.